The molecule has 3 N–H and O–H groups in total. The first-order valence-corrected chi connectivity index (χ1v) is 9.75. The number of hydrogen-bond acceptors (Lipinski definition) is 6. The van der Waals surface area contributed by atoms with E-state index in [1.54, 1.807) is 13.0 Å². The number of carbonyl (C=O) groups is 1. The van der Waals surface area contributed by atoms with E-state index in [9.17, 15) is 13.2 Å². The van der Waals surface area contributed by atoms with Gasteiger partial charge in [0.2, 0.25) is 5.91 Å². The molecule has 1 aliphatic heterocycles. The summed E-state index contributed by atoms with van der Waals surface area (Å²) in [4.78, 5) is 15.2. The van der Waals surface area contributed by atoms with Crippen LogP contribution in [0.3, 0.4) is 0 Å². The second-order valence-corrected chi connectivity index (χ2v) is 8.47. The summed E-state index contributed by atoms with van der Waals surface area (Å²) in [6.45, 7) is 4.65. The van der Waals surface area contributed by atoms with E-state index in [0.717, 1.165) is 36.4 Å². The highest BCUT2D eigenvalue weighted by atomic mass is 35.5. The van der Waals surface area contributed by atoms with Crippen molar-refractivity contribution >= 4 is 50.5 Å². The van der Waals surface area contributed by atoms with E-state index in [1.807, 2.05) is 12.1 Å². The largest absolute Gasteiger partial charge is 0.312 e. The first kappa shape index (κ1) is 19.6. The number of nitrogens with one attached hydrogen (secondary N) is 3. The number of benzene rings is 1. The van der Waals surface area contributed by atoms with Gasteiger partial charge in [0, 0.05) is 19.2 Å². The van der Waals surface area contributed by atoms with E-state index in [0.29, 0.717) is 11.4 Å². The minimum Gasteiger partial charge on any atom is -0.312 e. The third-order valence-corrected chi connectivity index (χ3v) is 6.69. The van der Waals surface area contributed by atoms with Gasteiger partial charge in [-0.25, -0.2) is 13.4 Å². The molecule has 0 aliphatic carbocycles. The molecule has 1 aromatic carbocycles. The van der Waals surface area contributed by atoms with Gasteiger partial charge in [0.05, 0.1) is 5.69 Å². The average molecular weight is 403 g/mol. The maximum atomic E-state index is 12.6. The topological polar surface area (TPSA) is 100 Å². The number of aromatic nitrogens is 1. The molecule has 7 nitrogen and oxygen atoms in total. The third-order valence-electron chi connectivity index (χ3n) is 3.63. The minimum absolute atomic E-state index is 0. The van der Waals surface area contributed by atoms with Crippen molar-refractivity contribution in [3.05, 3.63) is 35.0 Å². The van der Waals surface area contributed by atoms with Gasteiger partial charge in [0.15, 0.2) is 9.34 Å². The lowest BCUT2D eigenvalue weighted by Crippen LogP contribution is -2.23. The second kappa shape index (κ2) is 7.69. The molecule has 25 heavy (non-hydrogen) atoms. The number of sulfonamides is 1. The van der Waals surface area contributed by atoms with Gasteiger partial charge >= 0.3 is 0 Å². The number of fused-ring (bicyclic) bond motifs is 1. The van der Waals surface area contributed by atoms with Crippen molar-refractivity contribution in [1.82, 2.24) is 10.3 Å². The number of thiazole rings is 1. The Labute approximate surface area is 156 Å². The van der Waals surface area contributed by atoms with Crippen molar-refractivity contribution in [2.24, 2.45) is 0 Å². The van der Waals surface area contributed by atoms with Gasteiger partial charge in [-0.3, -0.25) is 9.52 Å². The van der Waals surface area contributed by atoms with Crippen molar-refractivity contribution in [1.29, 1.82) is 0 Å². The molecular formula is C15H19ClN4O3S2. The second-order valence-electron chi connectivity index (χ2n) is 5.59. The molecule has 1 amide bonds. The number of aryl methyl sites for hydroxylation is 1. The minimum atomic E-state index is -3.75. The monoisotopic (exact) mass is 402 g/mol. The summed E-state index contributed by atoms with van der Waals surface area (Å²) in [6.07, 6.45) is 0.872. The summed E-state index contributed by atoms with van der Waals surface area (Å²) < 4.78 is 28.0. The summed E-state index contributed by atoms with van der Waals surface area (Å²) in [7, 11) is -3.75. The van der Waals surface area contributed by atoms with E-state index in [2.05, 4.69) is 20.3 Å². The Kier molecular flexibility index (Phi) is 6.04. The molecule has 2 heterocycles. The van der Waals surface area contributed by atoms with Crippen LogP contribution in [-0.2, 0) is 27.8 Å². The number of carbonyl (C=O) groups excluding carboxylic acids is 1. The first-order valence-electron chi connectivity index (χ1n) is 7.45. The van der Waals surface area contributed by atoms with Crippen LogP contribution in [-0.4, -0.2) is 25.9 Å². The van der Waals surface area contributed by atoms with Crippen molar-refractivity contribution in [3.63, 3.8) is 0 Å². The molecule has 0 atom stereocenters. The predicted molar refractivity (Wildman–Crippen MR) is 101 cm³/mol. The average Bonchev–Trinajstić information content (AvgIpc) is 2.87. The predicted octanol–water partition coefficient (Wildman–Crippen LogP) is 2.28. The van der Waals surface area contributed by atoms with Gasteiger partial charge in [-0.15, -0.1) is 12.4 Å². The van der Waals surface area contributed by atoms with Crippen LogP contribution in [0.25, 0.3) is 0 Å². The normalized spacial score (nSPS) is 13.5. The number of anilines is 2. The summed E-state index contributed by atoms with van der Waals surface area (Å²) in [5, 5.41) is 6.07. The third kappa shape index (κ3) is 4.49. The Balaban J connectivity index is 0.00000225. The van der Waals surface area contributed by atoms with Crippen LogP contribution in [0.15, 0.2) is 22.4 Å². The van der Waals surface area contributed by atoms with Gasteiger partial charge in [0.1, 0.15) is 0 Å². The Bertz CT molecular complexity index is 896. The van der Waals surface area contributed by atoms with Crippen molar-refractivity contribution < 1.29 is 13.2 Å². The molecule has 0 bridgehead atoms. The van der Waals surface area contributed by atoms with Crippen LogP contribution < -0.4 is 15.4 Å². The highest BCUT2D eigenvalue weighted by Gasteiger charge is 2.23. The van der Waals surface area contributed by atoms with Crippen LogP contribution >= 0.6 is 23.7 Å². The standard InChI is InChI=1S/C15H18N4O3S2.ClH/c1-9-14(23-15(17-9)18-10(2)20)24(21,22)19-13-4-3-12-8-16-6-5-11(12)7-13;/h3-4,7,16,19H,5-6,8H2,1-2H3,(H,17,18,20);1H. The lowest BCUT2D eigenvalue weighted by Gasteiger charge is -2.18. The molecule has 0 saturated carbocycles. The highest BCUT2D eigenvalue weighted by molar-refractivity contribution is 7.94. The molecule has 1 aliphatic rings. The van der Waals surface area contributed by atoms with E-state index in [-0.39, 0.29) is 27.7 Å². The zero-order chi connectivity index (χ0) is 17.3. The number of hydrogen-bond donors (Lipinski definition) is 3. The van der Waals surface area contributed by atoms with Crippen LogP contribution in [0, 0.1) is 6.92 Å². The summed E-state index contributed by atoms with van der Waals surface area (Å²) in [6, 6.07) is 5.56. The molecule has 1 aromatic heterocycles. The van der Waals surface area contributed by atoms with Crippen molar-refractivity contribution in [2.45, 2.75) is 31.0 Å². The van der Waals surface area contributed by atoms with Gasteiger partial charge in [-0.2, -0.15) is 0 Å². The number of rotatable bonds is 4. The zero-order valence-electron chi connectivity index (χ0n) is 13.8. The van der Waals surface area contributed by atoms with Gasteiger partial charge < -0.3 is 10.6 Å². The van der Waals surface area contributed by atoms with E-state index < -0.39 is 10.0 Å². The lowest BCUT2D eigenvalue weighted by atomic mass is 10.0. The maximum absolute atomic E-state index is 12.6. The smallest absolute Gasteiger partial charge is 0.273 e. The molecule has 0 radical (unpaired) electrons. The number of halogens is 1. The van der Waals surface area contributed by atoms with Crippen molar-refractivity contribution in [2.75, 3.05) is 16.6 Å². The van der Waals surface area contributed by atoms with Crippen molar-refractivity contribution in [3.8, 4) is 0 Å². The first-order chi connectivity index (χ1) is 11.3. The molecule has 3 rings (SSSR count). The molecule has 136 valence electrons. The number of nitrogens with zero attached hydrogens (tertiary/aromatic N) is 1. The molecule has 0 unspecified atom stereocenters. The van der Waals surface area contributed by atoms with Crippen LogP contribution in [0.5, 0.6) is 0 Å². The molecule has 0 fully saturated rings. The molecule has 10 heteroatoms. The van der Waals surface area contributed by atoms with E-state index in [1.165, 1.54) is 12.5 Å². The fourth-order valence-electron chi connectivity index (χ4n) is 2.58. The molecular weight excluding hydrogens is 384 g/mol. The van der Waals surface area contributed by atoms with Gasteiger partial charge in [-0.05, 0) is 43.1 Å². The quantitative estimate of drug-likeness (QED) is 0.728. The summed E-state index contributed by atoms with van der Waals surface area (Å²) in [5.74, 6) is -0.288. The summed E-state index contributed by atoms with van der Waals surface area (Å²) >= 11 is 0.939. The van der Waals surface area contributed by atoms with E-state index >= 15 is 0 Å². The zero-order valence-corrected chi connectivity index (χ0v) is 16.2. The van der Waals surface area contributed by atoms with E-state index in [4.69, 9.17) is 0 Å². The SMILES string of the molecule is CC(=O)Nc1nc(C)c(S(=O)(=O)Nc2ccc3c(c2)CCNC3)s1.Cl. The van der Waals surface area contributed by atoms with Crippen LogP contribution in [0.1, 0.15) is 23.7 Å². The molecule has 0 spiro atoms. The fourth-order valence-corrected chi connectivity index (χ4v) is 5.09. The molecule has 2 aromatic rings. The van der Waals surface area contributed by atoms with Crippen LogP contribution in [0.4, 0.5) is 10.8 Å². The molecule has 0 saturated heterocycles. The number of amides is 1. The van der Waals surface area contributed by atoms with Crippen LogP contribution in [0.2, 0.25) is 0 Å². The van der Waals surface area contributed by atoms with Gasteiger partial charge in [-0.1, -0.05) is 17.4 Å². The van der Waals surface area contributed by atoms with Gasteiger partial charge in [0.25, 0.3) is 10.0 Å². The Hall–Kier alpha value is -1.68. The maximum Gasteiger partial charge on any atom is 0.273 e. The Morgan fingerprint density at radius 1 is 1.32 bits per heavy atom. The fraction of sp³-hybridized carbons (Fsp3) is 0.333. The summed E-state index contributed by atoms with van der Waals surface area (Å²) in [5.41, 5.74) is 3.22. The Morgan fingerprint density at radius 3 is 2.80 bits per heavy atom. The Morgan fingerprint density at radius 2 is 2.08 bits per heavy atom. The lowest BCUT2D eigenvalue weighted by molar-refractivity contribution is -0.114. The highest BCUT2D eigenvalue weighted by Crippen LogP contribution is 2.29.